The van der Waals surface area contributed by atoms with Crippen molar-refractivity contribution in [3.05, 3.63) is 65.7 Å². The van der Waals surface area contributed by atoms with E-state index in [4.69, 9.17) is 9.47 Å². The zero-order valence-corrected chi connectivity index (χ0v) is 12.0. The third-order valence-corrected chi connectivity index (χ3v) is 3.76. The summed E-state index contributed by atoms with van der Waals surface area (Å²) in [4.78, 5) is 11.9. The molecule has 21 heavy (non-hydrogen) atoms. The average Bonchev–Trinajstić information content (AvgIpc) is 2.87. The van der Waals surface area contributed by atoms with Gasteiger partial charge in [-0.3, -0.25) is 4.79 Å². The highest BCUT2D eigenvalue weighted by Crippen LogP contribution is 2.47. The lowest BCUT2D eigenvalue weighted by Gasteiger charge is -2.18. The minimum Gasteiger partial charge on any atom is -0.485 e. The van der Waals surface area contributed by atoms with Crippen molar-refractivity contribution in [2.24, 2.45) is 0 Å². The number of carbonyl (C=O) groups excluding carboxylic acids is 1. The number of carbonyl (C=O) groups is 1. The highest BCUT2D eigenvalue weighted by molar-refractivity contribution is 5.71. The third-order valence-electron chi connectivity index (χ3n) is 3.76. The molecule has 108 valence electrons. The van der Waals surface area contributed by atoms with E-state index in [2.05, 4.69) is 0 Å². The second-order valence-corrected chi connectivity index (χ2v) is 5.10. The minimum absolute atomic E-state index is 0.00245. The standard InChI is InChI=1S/C18H18O3/c1-2-20-17(19)12-15-14-10-6-7-11-16(14)21-18(15)13-8-4-3-5-9-13/h3-11,15,18H,2,12H2,1H3/t15-,18+/m0/s1. The molecular weight excluding hydrogens is 264 g/mol. The first kappa shape index (κ1) is 13.7. The number of benzene rings is 2. The van der Waals surface area contributed by atoms with E-state index in [1.807, 2.05) is 61.5 Å². The lowest BCUT2D eigenvalue weighted by Crippen LogP contribution is -2.15. The number of esters is 1. The van der Waals surface area contributed by atoms with Crippen LogP contribution >= 0.6 is 0 Å². The molecule has 0 aliphatic carbocycles. The van der Waals surface area contributed by atoms with E-state index in [-0.39, 0.29) is 18.0 Å². The topological polar surface area (TPSA) is 35.5 Å². The zero-order valence-electron chi connectivity index (χ0n) is 12.0. The Balaban J connectivity index is 1.91. The Hall–Kier alpha value is -2.29. The van der Waals surface area contributed by atoms with Gasteiger partial charge < -0.3 is 9.47 Å². The van der Waals surface area contributed by atoms with Crippen molar-refractivity contribution in [3.8, 4) is 5.75 Å². The maximum atomic E-state index is 11.9. The van der Waals surface area contributed by atoms with Crippen molar-refractivity contribution in [3.63, 3.8) is 0 Å². The molecule has 1 aliphatic rings. The number of ether oxygens (including phenoxy) is 2. The number of hydrogen-bond acceptors (Lipinski definition) is 3. The summed E-state index contributed by atoms with van der Waals surface area (Å²) in [5.74, 6) is 0.687. The number of fused-ring (bicyclic) bond motifs is 1. The van der Waals surface area contributed by atoms with Crippen LogP contribution in [0.5, 0.6) is 5.75 Å². The molecule has 2 atom stereocenters. The maximum absolute atomic E-state index is 11.9. The first-order chi connectivity index (χ1) is 10.3. The molecule has 2 aromatic carbocycles. The van der Waals surface area contributed by atoms with Crippen molar-refractivity contribution in [2.75, 3.05) is 6.61 Å². The van der Waals surface area contributed by atoms with E-state index in [1.165, 1.54) is 0 Å². The van der Waals surface area contributed by atoms with E-state index in [0.29, 0.717) is 13.0 Å². The first-order valence-corrected chi connectivity index (χ1v) is 7.25. The number of rotatable bonds is 4. The molecule has 0 radical (unpaired) electrons. The van der Waals surface area contributed by atoms with Gasteiger partial charge in [-0.25, -0.2) is 0 Å². The molecule has 1 heterocycles. The number of para-hydroxylation sites is 1. The SMILES string of the molecule is CCOC(=O)C[C@H]1c2ccccc2O[C@@H]1c1ccccc1. The smallest absolute Gasteiger partial charge is 0.306 e. The molecule has 0 unspecified atom stereocenters. The van der Waals surface area contributed by atoms with E-state index in [1.54, 1.807) is 0 Å². The van der Waals surface area contributed by atoms with Crippen molar-refractivity contribution in [2.45, 2.75) is 25.4 Å². The molecule has 0 saturated carbocycles. The van der Waals surface area contributed by atoms with Crippen LogP contribution in [0.1, 0.15) is 36.5 Å². The summed E-state index contributed by atoms with van der Waals surface area (Å²) >= 11 is 0. The monoisotopic (exact) mass is 282 g/mol. The van der Waals surface area contributed by atoms with Crippen LogP contribution in [0.15, 0.2) is 54.6 Å². The largest absolute Gasteiger partial charge is 0.485 e. The average molecular weight is 282 g/mol. The number of hydrogen-bond donors (Lipinski definition) is 0. The highest BCUT2D eigenvalue weighted by Gasteiger charge is 2.36. The Morgan fingerprint density at radius 3 is 2.57 bits per heavy atom. The van der Waals surface area contributed by atoms with Gasteiger partial charge in [0.05, 0.1) is 13.0 Å². The summed E-state index contributed by atoms with van der Waals surface area (Å²) in [5, 5.41) is 0. The van der Waals surface area contributed by atoms with E-state index in [9.17, 15) is 4.79 Å². The maximum Gasteiger partial charge on any atom is 0.306 e. The lowest BCUT2D eigenvalue weighted by atomic mass is 9.88. The second-order valence-electron chi connectivity index (χ2n) is 5.10. The van der Waals surface area contributed by atoms with Gasteiger partial charge in [0.2, 0.25) is 0 Å². The minimum atomic E-state index is -0.177. The summed E-state index contributed by atoms with van der Waals surface area (Å²) in [6.07, 6.45) is 0.206. The van der Waals surface area contributed by atoms with Crippen LogP contribution in [0.25, 0.3) is 0 Å². The summed E-state index contributed by atoms with van der Waals surface area (Å²) < 4.78 is 11.2. The third kappa shape index (κ3) is 2.77. The van der Waals surface area contributed by atoms with Crippen LogP contribution in [0.2, 0.25) is 0 Å². The first-order valence-electron chi connectivity index (χ1n) is 7.25. The van der Waals surface area contributed by atoms with Crippen LogP contribution in [0.4, 0.5) is 0 Å². The van der Waals surface area contributed by atoms with Gasteiger partial charge in [0.15, 0.2) is 0 Å². The van der Waals surface area contributed by atoms with Crippen molar-refractivity contribution in [1.29, 1.82) is 0 Å². The Kier molecular flexibility index (Phi) is 3.91. The Labute approximate surface area is 124 Å². The van der Waals surface area contributed by atoms with Crippen molar-refractivity contribution < 1.29 is 14.3 Å². The predicted molar refractivity (Wildman–Crippen MR) is 80.2 cm³/mol. The summed E-state index contributed by atoms with van der Waals surface area (Å²) in [6.45, 7) is 2.23. The van der Waals surface area contributed by atoms with Gasteiger partial charge in [-0.15, -0.1) is 0 Å². The van der Waals surface area contributed by atoms with Gasteiger partial charge in [0.1, 0.15) is 11.9 Å². The fraction of sp³-hybridized carbons (Fsp3) is 0.278. The molecular formula is C18H18O3. The van der Waals surface area contributed by atoms with Crippen LogP contribution in [0, 0.1) is 0 Å². The van der Waals surface area contributed by atoms with Crippen molar-refractivity contribution >= 4 is 5.97 Å². The molecule has 1 aliphatic heterocycles. The van der Waals surface area contributed by atoms with Gasteiger partial charge in [-0.1, -0.05) is 48.5 Å². The molecule has 0 fully saturated rings. The molecule has 3 rings (SSSR count). The lowest BCUT2D eigenvalue weighted by molar-refractivity contribution is -0.144. The van der Waals surface area contributed by atoms with Gasteiger partial charge in [0, 0.05) is 11.5 Å². The van der Waals surface area contributed by atoms with Crippen LogP contribution in [0.3, 0.4) is 0 Å². The molecule has 0 spiro atoms. The van der Waals surface area contributed by atoms with E-state index >= 15 is 0 Å². The van der Waals surface area contributed by atoms with E-state index < -0.39 is 0 Å². The normalized spacial score (nSPS) is 19.7. The quantitative estimate of drug-likeness (QED) is 0.799. The summed E-state index contributed by atoms with van der Waals surface area (Å²) in [5.41, 5.74) is 2.17. The molecule has 0 N–H and O–H groups in total. The Morgan fingerprint density at radius 1 is 1.10 bits per heavy atom. The Morgan fingerprint density at radius 2 is 1.81 bits per heavy atom. The van der Waals surface area contributed by atoms with Crippen LogP contribution in [-0.4, -0.2) is 12.6 Å². The van der Waals surface area contributed by atoms with Gasteiger partial charge in [0.25, 0.3) is 0 Å². The molecule has 2 aromatic rings. The molecule has 3 nitrogen and oxygen atoms in total. The van der Waals surface area contributed by atoms with Crippen LogP contribution < -0.4 is 4.74 Å². The molecule has 0 amide bonds. The fourth-order valence-electron chi connectivity index (χ4n) is 2.84. The highest BCUT2D eigenvalue weighted by atomic mass is 16.5. The van der Waals surface area contributed by atoms with Crippen LogP contribution in [-0.2, 0) is 9.53 Å². The zero-order chi connectivity index (χ0) is 14.7. The van der Waals surface area contributed by atoms with Gasteiger partial charge >= 0.3 is 5.97 Å². The molecule has 3 heteroatoms. The van der Waals surface area contributed by atoms with Crippen molar-refractivity contribution in [1.82, 2.24) is 0 Å². The van der Waals surface area contributed by atoms with Gasteiger partial charge in [-0.2, -0.15) is 0 Å². The molecule has 0 bridgehead atoms. The van der Waals surface area contributed by atoms with Gasteiger partial charge in [-0.05, 0) is 18.6 Å². The van der Waals surface area contributed by atoms with E-state index in [0.717, 1.165) is 16.9 Å². The summed E-state index contributed by atoms with van der Waals surface area (Å²) in [7, 11) is 0. The molecule has 0 aromatic heterocycles. The predicted octanol–water partition coefficient (Wildman–Crippen LogP) is 3.86. The Bertz CT molecular complexity index is 621. The summed E-state index contributed by atoms with van der Waals surface area (Å²) in [6, 6.07) is 17.9. The fourth-order valence-corrected chi connectivity index (χ4v) is 2.84. The second kappa shape index (κ2) is 6.00. The molecule has 0 saturated heterocycles.